The molecule has 1 heterocycles. The zero-order valence-corrected chi connectivity index (χ0v) is 6.42. The predicted octanol–water partition coefficient (Wildman–Crippen LogP) is 0.367. The van der Waals surface area contributed by atoms with E-state index in [1.54, 1.807) is 0 Å². The predicted molar refractivity (Wildman–Crippen MR) is 41.4 cm³/mol. The van der Waals surface area contributed by atoms with Crippen molar-refractivity contribution in [1.82, 2.24) is 4.90 Å². The molecule has 1 rings (SSSR count). The summed E-state index contributed by atoms with van der Waals surface area (Å²) in [4.78, 5) is 6.27. The van der Waals surface area contributed by atoms with Gasteiger partial charge in [-0.15, -0.1) is 0 Å². The highest BCUT2D eigenvalue weighted by Gasteiger charge is 2.02. The fraction of sp³-hybridized carbons (Fsp3) is 0.857. The first-order valence-corrected chi connectivity index (χ1v) is 3.75. The van der Waals surface area contributed by atoms with Crippen molar-refractivity contribution in [2.24, 2.45) is 4.99 Å². The van der Waals surface area contributed by atoms with Gasteiger partial charge in [-0.05, 0) is 6.92 Å². The summed E-state index contributed by atoms with van der Waals surface area (Å²) in [5, 5.41) is 0. The van der Waals surface area contributed by atoms with Gasteiger partial charge in [0.2, 0.25) is 0 Å². The van der Waals surface area contributed by atoms with Crippen LogP contribution in [0.2, 0.25) is 0 Å². The number of ether oxygens (including phenoxy) is 1. The van der Waals surface area contributed by atoms with Crippen molar-refractivity contribution >= 4 is 6.34 Å². The minimum Gasteiger partial charge on any atom is -0.380 e. The fourth-order valence-electron chi connectivity index (χ4n) is 0.913. The van der Waals surface area contributed by atoms with Gasteiger partial charge in [-0.25, -0.2) is 0 Å². The van der Waals surface area contributed by atoms with Gasteiger partial charge in [-0.3, -0.25) is 4.99 Å². The molecule has 3 nitrogen and oxygen atoms in total. The van der Waals surface area contributed by atoms with Crippen LogP contribution in [-0.2, 0) is 4.74 Å². The molecule has 0 saturated heterocycles. The lowest BCUT2D eigenvalue weighted by Crippen LogP contribution is -2.24. The Labute approximate surface area is 61.7 Å². The summed E-state index contributed by atoms with van der Waals surface area (Å²) in [5.41, 5.74) is 0. The first kappa shape index (κ1) is 7.54. The highest BCUT2D eigenvalue weighted by molar-refractivity contribution is 5.56. The quantitative estimate of drug-likeness (QED) is 0.530. The smallest absolute Gasteiger partial charge is 0.0852 e. The Morgan fingerprint density at radius 1 is 1.70 bits per heavy atom. The Balaban J connectivity index is 1.97. The Kier molecular flexibility index (Phi) is 3.22. The third kappa shape index (κ3) is 2.35. The minimum atomic E-state index is 0.810. The van der Waals surface area contributed by atoms with E-state index in [-0.39, 0.29) is 0 Å². The Morgan fingerprint density at radius 3 is 3.20 bits per heavy atom. The maximum absolute atomic E-state index is 5.19. The van der Waals surface area contributed by atoms with Gasteiger partial charge in [0.1, 0.15) is 0 Å². The van der Waals surface area contributed by atoms with Crippen LogP contribution in [0.4, 0.5) is 0 Å². The zero-order chi connectivity index (χ0) is 7.23. The molecular weight excluding hydrogens is 128 g/mol. The third-order valence-electron chi connectivity index (χ3n) is 1.49. The molecule has 0 aromatic carbocycles. The van der Waals surface area contributed by atoms with Gasteiger partial charge < -0.3 is 9.64 Å². The normalized spacial score (nSPS) is 16.7. The second-order valence-corrected chi connectivity index (χ2v) is 2.25. The molecule has 0 spiro atoms. The third-order valence-corrected chi connectivity index (χ3v) is 1.49. The molecule has 0 atom stereocenters. The zero-order valence-electron chi connectivity index (χ0n) is 6.42. The van der Waals surface area contributed by atoms with Gasteiger partial charge in [-0.1, -0.05) is 0 Å². The minimum absolute atomic E-state index is 0.810. The topological polar surface area (TPSA) is 24.8 Å². The summed E-state index contributed by atoms with van der Waals surface area (Å²) < 4.78 is 5.19. The molecule has 1 aliphatic rings. The standard InChI is InChI=1S/C7H14N2O/c1-2-10-6-5-9-4-3-8-7-9/h7H,2-6H2,1H3. The molecule has 0 saturated carbocycles. The molecule has 0 aliphatic carbocycles. The van der Waals surface area contributed by atoms with Crippen LogP contribution < -0.4 is 0 Å². The monoisotopic (exact) mass is 142 g/mol. The number of hydrogen-bond acceptors (Lipinski definition) is 3. The Bertz CT molecular complexity index is 114. The summed E-state index contributed by atoms with van der Waals surface area (Å²) in [7, 11) is 0. The first-order valence-electron chi connectivity index (χ1n) is 3.75. The molecule has 3 heteroatoms. The summed E-state index contributed by atoms with van der Waals surface area (Å²) >= 11 is 0. The van der Waals surface area contributed by atoms with E-state index in [2.05, 4.69) is 9.89 Å². The number of nitrogens with zero attached hydrogens (tertiary/aromatic N) is 2. The molecule has 10 heavy (non-hydrogen) atoms. The van der Waals surface area contributed by atoms with Crippen molar-refractivity contribution < 1.29 is 4.74 Å². The van der Waals surface area contributed by atoms with E-state index < -0.39 is 0 Å². The molecule has 0 fully saturated rings. The van der Waals surface area contributed by atoms with Crippen LogP contribution in [0.15, 0.2) is 4.99 Å². The molecule has 0 aromatic heterocycles. The van der Waals surface area contributed by atoms with Crippen molar-refractivity contribution in [3.8, 4) is 0 Å². The summed E-state index contributed by atoms with van der Waals surface area (Å²) in [5.74, 6) is 0. The van der Waals surface area contributed by atoms with Crippen LogP contribution in [0.25, 0.3) is 0 Å². The molecule has 0 N–H and O–H groups in total. The lowest BCUT2D eigenvalue weighted by molar-refractivity contribution is 0.135. The lowest BCUT2D eigenvalue weighted by Gasteiger charge is -2.12. The highest BCUT2D eigenvalue weighted by Crippen LogP contribution is 1.91. The lowest BCUT2D eigenvalue weighted by atomic mass is 10.5. The van der Waals surface area contributed by atoms with Gasteiger partial charge >= 0.3 is 0 Å². The van der Waals surface area contributed by atoms with Crippen LogP contribution in [0.1, 0.15) is 6.92 Å². The van der Waals surface area contributed by atoms with Gasteiger partial charge in [0.25, 0.3) is 0 Å². The number of hydrogen-bond donors (Lipinski definition) is 0. The van der Waals surface area contributed by atoms with Crippen LogP contribution in [0.3, 0.4) is 0 Å². The second-order valence-electron chi connectivity index (χ2n) is 2.25. The molecule has 58 valence electrons. The summed E-state index contributed by atoms with van der Waals surface area (Å²) in [6.45, 7) is 6.64. The van der Waals surface area contributed by atoms with E-state index in [0.29, 0.717) is 0 Å². The molecule has 1 aliphatic heterocycles. The molecule has 0 amide bonds. The van der Waals surface area contributed by atoms with Gasteiger partial charge in [-0.2, -0.15) is 0 Å². The van der Waals surface area contributed by atoms with E-state index in [1.807, 2.05) is 13.3 Å². The number of rotatable bonds is 4. The van der Waals surface area contributed by atoms with Crippen LogP contribution >= 0.6 is 0 Å². The Hall–Kier alpha value is -0.570. The SMILES string of the molecule is CCOCCN1C=NCC1. The Morgan fingerprint density at radius 2 is 2.60 bits per heavy atom. The van der Waals surface area contributed by atoms with Crippen molar-refractivity contribution in [2.45, 2.75) is 6.92 Å². The molecule has 0 bridgehead atoms. The van der Waals surface area contributed by atoms with Crippen molar-refractivity contribution in [3.63, 3.8) is 0 Å². The first-order chi connectivity index (χ1) is 4.93. The molecular formula is C7H14N2O. The summed E-state index contributed by atoms with van der Waals surface area (Å²) in [6, 6.07) is 0. The van der Waals surface area contributed by atoms with Gasteiger partial charge in [0.05, 0.1) is 19.5 Å². The maximum Gasteiger partial charge on any atom is 0.0852 e. The van der Waals surface area contributed by atoms with Crippen molar-refractivity contribution in [2.75, 3.05) is 32.8 Å². The highest BCUT2D eigenvalue weighted by atomic mass is 16.5. The average molecular weight is 142 g/mol. The van der Waals surface area contributed by atoms with Crippen LogP contribution in [0.5, 0.6) is 0 Å². The molecule has 0 unspecified atom stereocenters. The average Bonchev–Trinajstić information content (AvgIpc) is 2.41. The van der Waals surface area contributed by atoms with E-state index in [1.165, 1.54) is 0 Å². The van der Waals surface area contributed by atoms with Gasteiger partial charge in [0, 0.05) is 19.7 Å². The molecule has 0 aromatic rings. The van der Waals surface area contributed by atoms with Crippen molar-refractivity contribution in [1.29, 1.82) is 0 Å². The molecule has 0 radical (unpaired) electrons. The summed E-state index contributed by atoms with van der Waals surface area (Å²) in [6.07, 6.45) is 1.90. The van der Waals surface area contributed by atoms with Crippen molar-refractivity contribution in [3.05, 3.63) is 0 Å². The van der Waals surface area contributed by atoms with Gasteiger partial charge in [0.15, 0.2) is 0 Å². The van der Waals surface area contributed by atoms with E-state index >= 15 is 0 Å². The number of aliphatic imine (C=N–C) groups is 1. The second kappa shape index (κ2) is 4.28. The fourth-order valence-corrected chi connectivity index (χ4v) is 0.913. The van der Waals surface area contributed by atoms with E-state index in [9.17, 15) is 0 Å². The largest absolute Gasteiger partial charge is 0.380 e. The van der Waals surface area contributed by atoms with E-state index in [4.69, 9.17) is 4.74 Å². The van der Waals surface area contributed by atoms with Crippen LogP contribution in [0, 0.1) is 0 Å². The van der Waals surface area contributed by atoms with Crippen LogP contribution in [-0.4, -0.2) is 44.1 Å². The van der Waals surface area contributed by atoms with E-state index in [0.717, 1.165) is 32.8 Å². The maximum atomic E-state index is 5.19.